The molecule has 1 heterocycles. The molecule has 0 radical (unpaired) electrons. The van der Waals surface area contributed by atoms with Crippen molar-refractivity contribution in [2.45, 2.75) is 6.92 Å². The molecular weight excluding hydrogens is 322 g/mol. The molecule has 3 rings (SSSR count). The first-order valence-corrected chi connectivity index (χ1v) is 7.73. The first kappa shape index (κ1) is 16.7. The quantitative estimate of drug-likeness (QED) is 0.526. The number of aryl methyl sites for hydroxylation is 1. The van der Waals surface area contributed by atoms with Crippen LogP contribution in [0.15, 0.2) is 48.7 Å². The average Bonchev–Trinajstić information content (AvgIpc) is 2.61. The highest BCUT2D eigenvalue weighted by Crippen LogP contribution is 2.32. The number of rotatable bonds is 6. The monoisotopic (exact) mass is 339 g/mol. The molecule has 7 heteroatoms. The third-order valence-electron chi connectivity index (χ3n) is 3.75. The Balaban J connectivity index is 1.95. The lowest BCUT2D eigenvalue weighted by atomic mass is 10.1. The molecule has 0 fully saturated rings. The number of aromatic nitrogens is 1. The fourth-order valence-corrected chi connectivity index (χ4v) is 2.62. The van der Waals surface area contributed by atoms with Crippen molar-refractivity contribution in [1.82, 2.24) is 4.98 Å². The van der Waals surface area contributed by atoms with E-state index in [9.17, 15) is 10.1 Å². The molecule has 2 N–H and O–H groups in total. The van der Waals surface area contributed by atoms with Crippen LogP contribution < -0.4 is 10.1 Å². The van der Waals surface area contributed by atoms with E-state index in [4.69, 9.17) is 9.84 Å². The fraction of sp³-hybridized carbons (Fsp3) is 0.167. The topological polar surface area (TPSA) is 97.5 Å². The van der Waals surface area contributed by atoms with E-state index in [2.05, 4.69) is 10.3 Å². The average molecular weight is 339 g/mol. The maximum atomic E-state index is 11.2. The van der Waals surface area contributed by atoms with Gasteiger partial charge in [-0.15, -0.1) is 0 Å². The predicted octanol–water partition coefficient (Wildman–Crippen LogP) is 3.57. The minimum absolute atomic E-state index is 0.0255. The second-order valence-electron chi connectivity index (χ2n) is 5.47. The summed E-state index contributed by atoms with van der Waals surface area (Å²) in [5, 5.41) is 23.7. The van der Waals surface area contributed by atoms with Crippen LogP contribution in [0.25, 0.3) is 10.9 Å². The van der Waals surface area contributed by atoms with Crippen molar-refractivity contribution in [2.24, 2.45) is 0 Å². The van der Waals surface area contributed by atoms with E-state index in [0.717, 1.165) is 11.3 Å². The number of nitro groups is 1. The van der Waals surface area contributed by atoms with Gasteiger partial charge in [0.05, 0.1) is 22.6 Å². The van der Waals surface area contributed by atoms with Gasteiger partial charge >= 0.3 is 0 Å². The Morgan fingerprint density at radius 3 is 2.84 bits per heavy atom. The normalized spacial score (nSPS) is 10.6. The third-order valence-corrected chi connectivity index (χ3v) is 3.75. The van der Waals surface area contributed by atoms with Crippen molar-refractivity contribution >= 4 is 28.0 Å². The Hall–Kier alpha value is -3.19. The number of nitro benzene ring substituents is 1. The van der Waals surface area contributed by atoms with Crippen molar-refractivity contribution in [2.75, 3.05) is 18.5 Å². The minimum atomic E-state index is -0.411. The lowest BCUT2D eigenvalue weighted by Crippen LogP contribution is -2.03. The zero-order valence-corrected chi connectivity index (χ0v) is 13.6. The smallest absolute Gasteiger partial charge is 0.278 e. The molecular formula is C18H17N3O4. The van der Waals surface area contributed by atoms with Crippen LogP contribution in [0.1, 0.15) is 5.56 Å². The molecule has 0 aliphatic carbocycles. The lowest BCUT2D eigenvalue weighted by Gasteiger charge is -2.12. The Labute approximate surface area is 144 Å². The maximum Gasteiger partial charge on any atom is 0.278 e. The van der Waals surface area contributed by atoms with Crippen LogP contribution in [0.3, 0.4) is 0 Å². The van der Waals surface area contributed by atoms with Crippen LogP contribution in [-0.4, -0.2) is 28.2 Å². The number of pyridine rings is 1. The molecule has 0 atom stereocenters. The second kappa shape index (κ2) is 7.14. The Bertz CT molecular complexity index is 927. The summed E-state index contributed by atoms with van der Waals surface area (Å²) < 4.78 is 5.44. The molecule has 0 saturated heterocycles. The van der Waals surface area contributed by atoms with Crippen LogP contribution in [0, 0.1) is 17.0 Å². The number of non-ortho nitro benzene ring substituents is 1. The van der Waals surface area contributed by atoms with Gasteiger partial charge in [0, 0.05) is 18.0 Å². The van der Waals surface area contributed by atoms with Gasteiger partial charge < -0.3 is 15.2 Å². The summed E-state index contributed by atoms with van der Waals surface area (Å²) in [5.41, 5.74) is 2.98. The summed E-state index contributed by atoms with van der Waals surface area (Å²) in [7, 11) is 0. The van der Waals surface area contributed by atoms with Crippen LogP contribution in [0.4, 0.5) is 17.1 Å². The van der Waals surface area contributed by atoms with E-state index >= 15 is 0 Å². The molecule has 2 aromatic carbocycles. The van der Waals surface area contributed by atoms with Gasteiger partial charge in [-0.05, 0) is 48.9 Å². The van der Waals surface area contributed by atoms with Crippen molar-refractivity contribution < 1.29 is 14.8 Å². The highest BCUT2D eigenvalue weighted by atomic mass is 16.6. The standard InChI is InChI=1S/C18H17N3O4/c1-12-11-13(4-7-17(12)25-10-9-22)20-15-5-6-16(21(23)24)14-3-2-8-19-18(14)15/h2-8,11,20,22H,9-10H2,1H3. The molecule has 0 unspecified atom stereocenters. The zero-order valence-electron chi connectivity index (χ0n) is 13.6. The lowest BCUT2D eigenvalue weighted by molar-refractivity contribution is -0.383. The zero-order chi connectivity index (χ0) is 17.8. The van der Waals surface area contributed by atoms with Crippen molar-refractivity contribution in [1.29, 1.82) is 0 Å². The van der Waals surface area contributed by atoms with Crippen molar-refractivity contribution in [3.8, 4) is 5.75 Å². The van der Waals surface area contributed by atoms with Gasteiger partial charge in [0.1, 0.15) is 17.9 Å². The van der Waals surface area contributed by atoms with Crippen molar-refractivity contribution in [3.05, 3.63) is 64.3 Å². The van der Waals surface area contributed by atoms with E-state index in [0.29, 0.717) is 22.3 Å². The highest BCUT2D eigenvalue weighted by Gasteiger charge is 2.15. The number of anilines is 2. The first-order chi connectivity index (χ1) is 12.1. The number of ether oxygens (including phenoxy) is 1. The van der Waals surface area contributed by atoms with Gasteiger partial charge in [-0.25, -0.2) is 0 Å². The number of aliphatic hydroxyl groups is 1. The third kappa shape index (κ3) is 3.51. The van der Waals surface area contributed by atoms with E-state index in [1.54, 1.807) is 24.4 Å². The molecule has 1 aromatic heterocycles. The van der Waals surface area contributed by atoms with Crippen LogP contribution in [0.5, 0.6) is 5.75 Å². The second-order valence-corrected chi connectivity index (χ2v) is 5.47. The molecule has 3 aromatic rings. The summed E-state index contributed by atoms with van der Waals surface area (Å²) >= 11 is 0. The van der Waals surface area contributed by atoms with E-state index < -0.39 is 4.92 Å². The number of hydrogen-bond donors (Lipinski definition) is 2. The molecule has 0 aliphatic rings. The molecule has 0 bridgehead atoms. The Morgan fingerprint density at radius 2 is 2.12 bits per heavy atom. The molecule has 0 amide bonds. The Kier molecular flexibility index (Phi) is 4.76. The van der Waals surface area contributed by atoms with Crippen LogP contribution >= 0.6 is 0 Å². The number of nitrogens with one attached hydrogen (secondary N) is 1. The van der Waals surface area contributed by atoms with E-state index in [-0.39, 0.29) is 18.9 Å². The van der Waals surface area contributed by atoms with E-state index in [1.165, 1.54) is 6.07 Å². The van der Waals surface area contributed by atoms with Gasteiger partial charge in [0.2, 0.25) is 0 Å². The molecule has 25 heavy (non-hydrogen) atoms. The summed E-state index contributed by atoms with van der Waals surface area (Å²) in [6.45, 7) is 2.11. The highest BCUT2D eigenvalue weighted by molar-refractivity contribution is 5.97. The molecule has 128 valence electrons. The Morgan fingerprint density at radius 1 is 1.28 bits per heavy atom. The first-order valence-electron chi connectivity index (χ1n) is 7.73. The summed E-state index contributed by atoms with van der Waals surface area (Å²) in [6.07, 6.45) is 1.61. The number of benzene rings is 2. The summed E-state index contributed by atoms with van der Waals surface area (Å²) in [4.78, 5) is 15.0. The van der Waals surface area contributed by atoms with Crippen LogP contribution in [0.2, 0.25) is 0 Å². The summed E-state index contributed by atoms with van der Waals surface area (Å²) in [6, 6.07) is 12.0. The fourth-order valence-electron chi connectivity index (χ4n) is 2.62. The van der Waals surface area contributed by atoms with Gasteiger partial charge in [-0.3, -0.25) is 15.1 Å². The van der Waals surface area contributed by atoms with Gasteiger partial charge in [0.15, 0.2) is 0 Å². The largest absolute Gasteiger partial charge is 0.491 e. The number of aliphatic hydroxyl groups excluding tert-OH is 1. The molecule has 0 aliphatic heterocycles. The predicted molar refractivity (Wildman–Crippen MR) is 95.4 cm³/mol. The molecule has 7 nitrogen and oxygen atoms in total. The van der Waals surface area contributed by atoms with Gasteiger partial charge in [-0.2, -0.15) is 0 Å². The maximum absolute atomic E-state index is 11.2. The number of nitrogens with zero attached hydrogens (tertiary/aromatic N) is 2. The summed E-state index contributed by atoms with van der Waals surface area (Å²) in [5.74, 6) is 0.700. The van der Waals surface area contributed by atoms with Gasteiger partial charge in [-0.1, -0.05) is 0 Å². The van der Waals surface area contributed by atoms with Crippen molar-refractivity contribution in [3.63, 3.8) is 0 Å². The van der Waals surface area contributed by atoms with Crippen LogP contribution in [-0.2, 0) is 0 Å². The number of hydrogen-bond acceptors (Lipinski definition) is 6. The SMILES string of the molecule is Cc1cc(Nc2ccc([N+](=O)[O-])c3cccnc23)ccc1OCCO. The van der Waals surface area contributed by atoms with Gasteiger partial charge in [0.25, 0.3) is 5.69 Å². The molecule has 0 saturated carbocycles. The van der Waals surface area contributed by atoms with E-state index in [1.807, 2.05) is 25.1 Å². The molecule has 0 spiro atoms. The minimum Gasteiger partial charge on any atom is -0.491 e. The number of fused-ring (bicyclic) bond motifs is 1.